The molecule has 0 heterocycles. The highest BCUT2D eigenvalue weighted by Crippen LogP contribution is 2.14. The van der Waals surface area contributed by atoms with Gasteiger partial charge in [-0.1, -0.05) is 30.3 Å². The minimum Gasteiger partial charge on any atom is -0.340 e. The maximum atomic E-state index is 11.5. The number of hydrogen-bond donors (Lipinski definition) is 1. The molecule has 1 amide bonds. The summed E-state index contributed by atoms with van der Waals surface area (Å²) >= 11 is 0. The monoisotopic (exact) mass is 249 g/mol. The average molecular weight is 249 g/mol. The summed E-state index contributed by atoms with van der Waals surface area (Å²) in [5.41, 5.74) is 2.63. The normalized spacial score (nSPS) is 10.8. The van der Waals surface area contributed by atoms with E-state index in [1.54, 1.807) is 20.8 Å². The lowest BCUT2D eigenvalue weighted by atomic mass is 9.98. The van der Waals surface area contributed by atoms with Gasteiger partial charge in [0.25, 0.3) is 5.91 Å². The molecule has 0 bridgehead atoms. The molecule has 0 radical (unpaired) electrons. The zero-order valence-electron chi connectivity index (χ0n) is 11.0. The molecule has 1 N–H and O–H groups in total. The molecule has 0 atom stereocenters. The van der Waals surface area contributed by atoms with Gasteiger partial charge in [0.05, 0.1) is 5.41 Å². The van der Waals surface area contributed by atoms with Crippen molar-refractivity contribution >= 4 is 11.9 Å². The molecule has 0 spiro atoms. The highest BCUT2D eigenvalue weighted by molar-refractivity contribution is 5.80. The Balaban J connectivity index is 2.29. The molecule has 18 heavy (non-hydrogen) atoms. The summed E-state index contributed by atoms with van der Waals surface area (Å²) in [5.74, 6) is -0.744. The van der Waals surface area contributed by atoms with E-state index in [4.69, 9.17) is 4.84 Å². The van der Waals surface area contributed by atoms with Crippen LogP contribution in [-0.4, -0.2) is 11.9 Å². The van der Waals surface area contributed by atoms with Crippen LogP contribution in [0.2, 0.25) is 0 Å². The molecule has 1 rings (SSSR count). The van der Waals surface area contributed by atoms with Gasteiger partial charge in [-0.25, -0.2) is 4.79 Å². The number of carbonyl (C=O) groups excluding carboxylic acids is 2. The van der Waals surface area contributed by atoms with Crippen molar-refractivity contribution in [2.45, 2.75) is 33.6 Å². The minimum absolute atomic E-state index is 0.293. The van der Waals surface area contributed by atoms with Gasteiger partial charge < -0.3 is 4.84 Å². The van der Waals surface area contributed by atoms with Gasteiger partial charge in [-0.2, -0.15) is 5.48 Å². The quantitative estimate of drug-likeness (QED) is 0.836. The van der Waals surface area contributed by atoms with Crippen molar-refractivity contribution in [1.29, 1.82) is 0 Å². The van der Waals surface area contributed by atoms with E-state index in [0.29, 0.717) is 12.8 Å². The third kappa shape index (κ3) is 4.99. The van der Waals surface area contributed by atoms with E-state index in [0.717, 1.165) is 5.56 Å². The molecule has 1 aromatic rings. The van der Waals surface area contributed by atoms with Crippen molar-refractivity contribution in [3.8, 4) is 0 Å². The molecule has 0 fully saturated rings. The Morgan fingerprint density at radius 2 is 1.78 bits per heavy atom. The number of hydroxylamine groups is 1. The van der Waals surface area contributed by atoms with Gasteiger partial charge in [0, 0.05) is 6.42 Å². The van der Waals surface area contributed by atoms with Gasteiger partial charge in [0.2, 0.25) is 0 Å². The molecule has 1 aromatic carbocycles. The van der Waals surface area contributed by atoms with Crippen LogP contribution in [0.3, 0.4) is 0 Å². The van der Waals surface area contributed by atoms with Gasteiger partial charge in [-0.15, -0.1) is 0 Å². The van der Waals surface area contributed by atoms with E-state index < -0.39 is 11.4 Å². The molecule has 4 heteroatoms. The fraction of sp³-hybridized carbons (Fsp3) is 0.429. The molecule has 0 aliphatic rings. The summed E-state index contributed by atoms with van der Waals surface area (Å²) in [6, 6.07) is 9.68. The van der Waals surface area contributed by atoms with E-state index in [1.165, 1.54) is 0 Å². The van der Waals surface area contributed by atoms with E-state index >= 15 is 0 Å². The number of hydrogen-bond acceptors (Lipinski definition) is 3. The molecule has 0 saturated carbocycles. The van der Waals surface area contributed by atoms with Crippen molar-refractivity contribution in [3.05, 3.63) is 35.9 Å². The number of aryl methyl sites for hydroxylation is 1. The van der Waals surface area contributed by atoms with Gasteiger partial charge >= 0.3 is 5.97 Å². The minimum atomic E-state index is -0.618. The van der Waals surface area contributed by atoms with Crippen LogP contribution in [0.1, 0.15) is 32.8 Å². The first-order valence-electron chi connectivity index (χ1n) is 5.93. The molecular weight excluding hydrogens is 230 g/mol. The predicted octanol–water partition coefficient (Wildman–Crippen LogP) is 2.24. The first kappa shape index (κ1) is 14.2. The Morgan fingerprint density at radius 1 is 1.17 bits per heavy atom. The zero-order valence-corrected chi connectivity index (χ0v) is 11.0. The SMILES string of the molecule is CC(C)(C)C(=O)ONC(=O)CCc1ccccc1. The van der Waals surface area contributed by atoms with Gasteiger partial charge in [-0.3, -0.25) is 4.79 Å². The summed E-state index contributed by atoms with van der Waals surface area (Å²) in [6.07, 6.45) is 0.918. The van der Waals surface area contributed by atoms with Crippen LogP contribution in [0.4, 0.5) is 0 Å². The van der Waals surface area contributed by atoms with Crippen LogP contribution in [0, 0.1) is 5.41 Å². The van der Waals surface area contributed by atoms with Crippen molar-refractivity contribution in [2.75, 3.05) is 0 Å². The van der Waals surface area contributed by atoms with Crippen LogP contribution in [0.25, 0.3) is 0 Å². The van der Waals surface area contributed by atoms with Crippen molar-refractivity contribution in [3.63, 3.8) is 0 Å². The van der Waals surface area contributed by atoms with Crippen LogP contribution in [0.15, 0.2) is 30.3 Å². The van der Waals surface area contributed by atoms with Gasteiger partial charge in [0.15, 0.2) is 0 Å². The maximum Gasteiger partial charge on any atom is 0.337 e. The van der Waals surface area contributed by atoms with E-state index in [9.17, 15) is 9.59 Å². The second-order valence-corrected chi connectivity index (χ2v) is 5.15. The van der Waals surface area contributed by atoms with Crippen LogP contribution in [-0.2, 0) is 20.8 Å². The van der Waals surface area contributed by atoms with Crippen molar-refractivity contribution < 1.29 is 14.4 Å². The Kier molecular flexibility index (Phi) is 4.89. The van der Waals surface area contributed by atoms with Crippen LogP contribution < -0.4 is 5.48 Å². The van der Waals surface area contributed by atoms with Crippen LogP contribution >= 0.6 is 0 Å². The third-order valence-electron chi connectivity index (χ3n) is 2.35. The van der Waals surface area contributed by atoms with Crippen molar-refractivity contribution in [2.24, 2.45) is 5.41 Å². The topological polar surface area (TPSA) is 55.4 Å². The predicted molar refractivity (Wildman–Crippen MR) is 68.5 cm³/mol. The van der Waals surface area contributed by atoms with Crippen LogP contribution in [0.5, 0.6) is 0 Å². The fourth-order valence-electron chi connectivity index (χ4n) is 1.21. The van der Waals surface area contributed by atoms with E-state index in [-0.39, 0.29) is 5.91 Å². The van der Waals surface area contributed by atoms with Gasteiger partial charge in [0.1, 0.15) is 0 Å². The second-order valence-electron chi connectivity index (χ2n) is 5.15. The van der Waals surface area contributed by atoms with E-state index in [2.05, 4.69) is 5.48 Å². The molecule has 0 aliphatic carbocycles. The zero-order chi connectivity index (χ0) is 13.6. The summed E-state index contributed by atoms with van der Waals surface area (Å²) < 4.78 is 0. The van der Waals surface area contributed by atoms with E-state index in [1.807, 2.05) is 30.3 Å². The molecule has 4 nitrogen and oxygen atoms in total. The fourth-order valence-corrected chi connectivity index (χ4v) is 1.21. The molecule has 0 aliphatic heterocycles. The molecule has 0 saturated heterocycles. The Hall–Kier alpha value is -1.84. The Morgan fingerprint density at radius 3 is 2.33 bits per heavy atom. The summed E-state index contributed by atoms with van der Waals surface area (Å²) in [7, 11) is 0. The lowest BCUT2D eigenvalue weighted by molar-refractivity contribution is -0.166. The average Bonchev–Trinajstić information content (AvgIpc) is 2.33. The summed E-state index contributed by atoms with van der Waals surface area (Å²) in [4.78, 5) is 27.6. The molecule has 0 unspecified atom stereocenters. The number of rotatable bonds is 3. The summed E-state index contributed by atoms with van der Waals surface area (Å²) in [5, 5.41) is 0. The highest BCUT2D eigenvalue weighted by atomic mass is 16.7. The highest BCUT2D eigenvalue weighted by Gasteiger charge is 2.24. The maximum absolute atomic E-state index is 11.5. The molecule has 98 valence electrons. The molecular formula is C14H19NO3. The standard InChI is InChI=1S/C14H19NO3/c1-14(2,3)13(17)18-15-12(16)10-9-11-7-5-4-6-8-11/h4-8H,9-10H2,1-3H3,(H,15,16). The largest absolute Gasteiger partial charge is 0.340 e. The molecule has 0 aromatic heterocycles. The van der Waals surface area contributed by atoms with Gasteiger partial charge in [-0.05, 0) is 32.8 Å². The number of amides is 1. The Bertz CT molecular complexity index is 407. The number of carbonyl (C=O) groups is 2. The third-order valence-corrected chi connectivity index (χ3v) is 2.35. The summed E-state index contributed by atoms with van der Waals surface area (Å²) in [6.45, 7) is 5.18. The second kappa shape index (κ2) is 6.19. The lowest BCUT2D eigenvalue weighted by Gasteiger charge is -2.15. The number of nitrogens with one attached hydrogen (secondary N) is 1. The van der Waals surface area contributed by atoms with Crippen molar-refractivity contribution in [1.82, 2.24) is 5.48 Å². The smallest absolute Gasteiger partial charge is 0.337 e. The first-order chi connectivity index (χ1) is 8.39. The number of benzene rings is 1. The first-order valence-corrected chi connectivity index (χ1v) is 5.93. The lowest BCUT2D eigenvalue weighted by Crippen LogP contribution is -2.33. The Labute approximate surface area is 107 Å².